The van der Waals surface area contributed by atoms with Crippen molar-refractivity contribution in [3.8, 4) is 16.9 Å². The van der Waals surface area contributed by atoms with E-state index in [1.165, 1.54) is 28.9 Å². The quantitative estimate of drug-likeness (QED) is 0.275. The van der Waals surface area contributed by atoms with E-state index in [1.54, 1.807) is 53.4 Å². The van der Waals surface area contributed by atoms with E-state index in [-0.39, 0.29) is 17.4 Å². The Morgan fingerprint density at radius 2 is 1.61 bits per heavy atom. The predicted octanol–water partition coefficient (Wildman–Crippen LogP) is 5.20. The second-order valence-corrected chi connectivity index (χ2v) is 8.74. The Bertz CT molecular complexity index is 1410. The number of hydrogen-bond donors (Lipinski definition) is 0. The molecule has 36 heavy (non-hydrogen) atoms. The Hall–Kier alpha value is -4.24. The van der Waals surface area contributed by atoms with Crippen LogP contribution in [-0.2, 0) is 0 Å². The van der Waals surface area contributed by atoms with Gasteiger partial charge < -0.3 is 9.80 Å². The Morgan fingerprint density at radius 1 is 0.944 bits per heavy atom. The molecule has 1 fully saturated rings. The summed E-state index contributed by atoms with van der Waals surface area (Å²) in [7, 11) is 0. The van der Waals surface area contributed by atoms with Crippen molar-refractivity contribution in [2.75, 3.05) is 31.1 Å². The first-order chi connectivity index (χ1) is 17.4. The summed E-state index contributed by atoms with van der Waals surface area (Å²) in [4.78, 5) is 28.0. The molecule has 0 unspecified atom stereocenters. The molecule has 1 aliphatic heterocycles. The molecule has 0 atom stereocenters. The minimum Gasteiger partial charge on any atom is -0.368 e. The number of nitro groups is 1. The lowest BCUT2D eigenvalue weighted by Gasteiger charge is -2.36. The number of anilines is 1. The first-order valence-corrected chi connectivity index (χ1v) is 11.7. The van der Waals surface area contributed by atoms with Crippen LogP contribution in [-0.4, -0.2) is 51.7 Å². The fourth-order valence-electron chi connectivity index (χ4n) is 4.22. The number of carbonyl (C=O) groups is 1. The number of nitrogens with zero attached hydrogens (tertiary/aromatic N) is 5. The fourth-order valence-corrected chi connectivity index (χ4v) is 4.43. The number of non-ortho nitro benzene ring substituents is 1. The predicted molar refractivity (Wildman–Crippen MR) is 135 cm³/mol. The topological polar surface area (TPSA) is 84.5 Å². The lowest BCUT2D eigenvalue weighted by atomic mass is 10.1. The molecule has 3 aromatic carbocycles. The van der Waals surface area contributed by atoms with Gasteiger partial charge in [-0.1, -0.05) is 23.7 Å². The lowest BCUT2D eigenvalue weighted by molar-refractivity contribution is -0.384. The van der Waals surface area contributed by atoms with Gasteiger partial charge in [-0.2, -0.15) is 5.10 Å². The average Bonchev–Trinajstić information content (AvgIpc) is 3.34. The summed E-state index contributed by atoms with van der Waals surface area (Å²) in [5.74, 6) is -0.550. The van der Waals surface area contributed by atoms with E-state index in [4.69, 9.17) is 11.6 Å². The molecule has 1 aliphatic rings. The van der Waals surface area contributed by atoms with Crippen LogP contribution in [0.5, 0.6) is 0 Å². The van der Waals surface area contributed by atoms with Crippen LogP contribution in [0.4, 0.5) is 15.8 Å². The maximum atomic E-state index is 13.6. The van der Waals surface area contributed by atoms with E-state index >= 15 is 0 Å². The highest BCUT2D eigenvalue weighted by atomic mass is 35.5. The molecule has 1 amide bonds. The van der Waals surface area contributed by atoms with E-state index in [1.807, 2.05) is 6.07 Å². The third kappa shape index (κ3) is 4.65. The average molecular weight is 506 g/mol. The van der Waals surface area contributed by atoms with Crippen molar-refractivity contribution in [1.82, 2.24) is 14.7 Å². The van der Waals surface area contributed by atoms with Crippen LogP contribution < -0.4 is 4.90 Å². The maximum absolute atomic E-state index is 13.6. The van der Waals surface area contributed by atoms with Crippen molar-refractivity contribution in [1.29, 1.82) is 0 Å². The van der Waals surface area contributed by atoms with E-state index in [9.17, 15) is 19.3 Å². The Balaban J connectivity index is 1.40. The first kappa shape index (κ1) is 23.5. The van der Waals surface area contributed by atoms with Crippen molar-refractivity contribution < 1.29 is 14.1 Å². The zero-order valence-corrected chi connectivity index (χ0v) is 19.8. The summed E-state index contributed by atoms with van der Waals surface area (Å²) in [5.41, 5.74) is 3.04. The van der Waals surface area contributed by atoms with Crippen molar-refractivity contribution in [2.45, 2.75) is 0 Å². The zero-order chi connectivity index (χ0) is 25.2. The molecule has 182 valence electrons. The van der Waals surface area contributed by atoms with Crippen LogP contribution in [0.3, 0.4) is 0 Å². The maximum Gasteiger partial charge on any atom is 0.272 e. The van der Waals surface area contributed by atoms with Crippen LogP contribution >= 0.6 is 11.6 Å². The second kappa shape index (κ2) is 9.79. The number of carbonyl (C=O) groups excluding carboxylic acids is 1. The summed E-state index contributed by atoms with van der Waals surface area (Å²) in [6.45, 7) is 2.09. The van der Waals surface area contributed by atoms with Gasteiger partial charge in [0, 0.05) is 49.6 Å². The van der Waals surface area contributed by atoms with Gasteiger partial charge in [0.05, 0.1) is 21.3 Å². The van der Waals surface area contributed by atoms with Crippen molar-refractivity contribution in [2.24, 2.45) is 0 Å². The largest absolute Gasteiger partial charge is 0.368 e. The standard InChI is InChI=1S/C26H21ClFN5O3/c27-22-3-1-2-4-24(22)32-25(17-23(29-32)18-5-7-19(28)8-6-18)26(34)31-15-13-30(14-16-31)20-9-11-21(12-10-20)33(35)36/h1-12,17H,13-16H2. The summed E-state index contributed by atoms with van der Waals surface area (Å²) in [5, 5.41) is 16.0. The normalized spacial score (nSPS) is 13.6. The van der Waals surface area contributed by atoms with Gasteiger partial charge in [-0.25, -0.2) is 9.07 Å². The molecule has 10 heteroatoms. The molecule has 8 nitrogen and oxygen atoms in total. The molecule has 2 heterocycles. The van der Waals surface area contributed by atoms with Crippen LogP contribution in [0.2, 0.25) is 5.02 Å². The van der Waals surface area contributed by atoms with Gasteiger partial charge >= 0.3 is 0 Å². The molecule has 0 spiro atoms. The van der Waals surface area contributed by atoms with Gasteiger partial charge in [0.1, 0.15) is 11.5 Å². The first-order valence-electron chi connectivity index (χ1n) is 11.3. The fraction of sp³-hybridized carbons (Fsp3) is 0.154. The molecule has 0 N–H and O–H groups in total. The number of hydrogen-bond acceptors (Lipinski definition) is 5. The van der Waals surface area contributed by atoms with E-state index < -0.39 is 4.92 Å². The van der Waals surface area contributed by atoms with Crippen molar-refractivity contribution >= 4 is 28.9 Å². The van der Waals surface area contributed by atoms with Gasteiger partial charge in [-0.05, 0) is 54.6 Å². The van der Waals surface area contributed by atoms with Crippen LogP contribution in [0.1, 0.15) is 10.5 Å². The minimum atomic E-state index is -0.428. The number of rotatable bonds is 5. The van der Waals surface area contributed by atoms with E-state index in [2.05, 4.69) is 10.00 Å². The highest BCUT2D eigenvalue weighted by molar-refractivity contribution is 6.32. The van der Waals surface area contributed by atoms with Crippen molar-refractivity contribution in [3.05, 3.63) is 106 Å². The van der Waals surface area contributed by atoms with Crippen LogP contribution in [0.25, 0.3) is 16.9 Å². The SMILES string of the molecule is O=C(c1cc(-c2ccc(F)cc2)nn1-c1ccccc1Cl)N1CCN(c2ccc([N+](=O)[O-])cc2)CC1. The summed E-state index contributed by atoms with van der Waals surface area (Å²) < 4.78 is 15.0. The number of aromatic nitrogens is 2. The van der Waals surface area contributed by atoms with Gasteiger partial charge in [0.15, 0.2) is 0 Å². The van der Waals surface area contributed by atoms with Gasteiger partial charge in [0.2, 0.25) is 0 Å². The number of piperazine rings is 1. The Morgan fingerprint density at radius 3 is 2.25 bits per heavy atom. The second-order valence-electron chi connectivity index (χ2n) is 8.34. The molecule has 0 aliphatic carbocycles. The highest BCUT2D eigenvalue weighted by Gasteiger charge is 2.27. The molecule has 1 saturated heterocycles. The number of para-hydroxylation sites is 1. The van der Waals surface area contributed by atoms with Gasteiger partial charge in [0.25, 0.3) is 11.6 Å². The van der Waals surface area contributed by atoms with E-state index in [0.717, 1.165) is 5.69 Å². The smallest absolute Gasteiger partial charge is 0.272 e. The molecule has 0 bridgehead atoms. The summed E-state index contributed by atoms with van der Waals surface area (Å²) >= 11 is 6.43. The number of halogens is 2. The monoisotopic (exact) mass is 505 g/mol. The molecule has 0 radical (unpaired) electrons. The third-order valence-corrected chi connectivity index (χ3v) is 6.46. The number of benzene rings is 3. The number of amides is 1. The third-order valence-electron chi connectivity index (χ3n) is 6.14. The van der Waals surface area contributed by atoms with Crippen LogP contribution in [0.15, 0.2) is 78.9 Å². The zero-order valence-electron chi connectivity index (χ0n) is 19.1. The molecule has 1 aromatic heterocycles. The van der Waals surface area contributed by atoms with Gasteiger partial charge in [-0.3, -0.25) is 14.9 Å². The Kier molecular flexibility index (Phi) is 6.39. The lowest BCUT2D eigenvalue weighted by Crippen LogP contribution is -2.49. The minimum absolute atomic E-state index is 0.0392. The Labute approximate surface area is 211 Å². The van der Waals surface area contributed by atoms with Crippen molar-refractivity contribution in [3.63, 3.8) is 0 Å². The molecule has 0 saturated carbocycles. The summed E-state index contributed by atoms with van der Waals surface area (Å²) in [6.07, 6.45) is 0. The molecular formula is C26H21ClFN5O3. The number of nitro benzene ring substituents is 1. The van der Waals surface area contributed by atoms with E-state index in [0.29, 0.717) is 53.8 Å². The van der Waals surface area contributed by atoms with Crippen LogP contribution in [0, 0.1) is 15.9 Å². The van der Waals surface area contributed by atoms with Gasteiger partial charge in [-0.15, -0.1) is 0 Å². The summed E-state index contributed by atoms with van der Waals surface area (Å²) in [6, 6.07) is 21.2. The highest BCUT2D eigenvalue weighted by Crippen LogP contribution is 2.27. The molecular weight excluding hydrogens is 485 g/mol. The molecule has 4 aromatic rings. The molecule has 5 rings (SSSR count).